The lowest BCUT2D eigenvalue weighted by atomic mass is 9.87. The Morgan fingerprint density at radius 2 is 1.91 bits per heavy atom. The van der Waals surface area contributed by atoms with Gasteiger partial charge in [-0.25, -0.2) is 4.39 Å². The van der Waals surface area contributed by atoms with E-state index in [4.69, 9.17) is 9.47 Å². The average Bonchev–Trinajstić information content (AvgIpc) is 3.41. The van der Waals surface area contributed by atoms with E-state index in [2.05, 4.69) is 22.8 Å². The Kier molecular flexibility index (Phi) is 7.20. The van der Waals surface area contributed by atoms with Crippen molar-refractivity contribution in [1.29, 1.82) is 0 Å². The number of halogens is 1. The Bertz CT molecular complexity index is 1100. The number of allylic oxidation sites excluding steroid dienone is 1. The lowest BCUT2D eigenvalue weighted by Gasteiger charge is -2.28. The first-order chi connectivity index (χ1) is 16.4. The Morgan fingerprint density at radius 1 is 1.12 bits per heavy atom. The maximum atomic E-state index is 14.4. The van der Waals surface area contributed by atoms with Crippen molar-refractivity contribution in [3.63, 3.8) is 0 Å². The third-order valence-electron chi connectivity index (χ3n) is 6.60. The van der Waals surface area contributed by atoms with Crippen LogP contribution in [-0.2, 0) is 4.79 Å². The molecular formula is C27H31FN2O4. The molecule has 34 heavy (non-hydrogen) atoms. The van der Waals surface area contributed by atoms with Crippen LogP contribution in [0.3, 0.4) is 0 Å². The van der Waals surface area contributed by atoms with E-state index >= 15 is 0 Å². The van der Waals surface area contributed by atoms with Crippen molar-refractivity contribution in [1.82, 2.24) is 5.32 Å². The summed E-state index contributed by atoms with van der Waals surface area (Å²) < 4.78 is 25.2. The fourth-order valence-electron chi connectivity index (χ4n) is 4.87. The van der Waals surface area contributed by atoms with E-state index in [1.807, 2.05) is 38.1 Å². The second kappa shape index (κ2) is 10.3. The molecule has 0 radical (unpaired) electrons. The molecule has 0 aromatic heterocycles. The van der Waals surface area contributed by atoms with Crippen LogP contribution in [0, 0.1) is 30.5 Å². The van der Waals surface area contributed by atoms with Gasteiger partial charge < -0.3 is 20.1 Å². The Morgan fingerprint density at radius 3 is 2.65 bits per heavy atom. The lowest BCUT2D eigenvalue weighted by molar-refractivity contribution is -0.121. The first-order valence-electron chi connectivity index (χ1n) is 11.8. The minimum atomic E-state index is -0.581. The molecule has 2 N–H and O–H groups in total. The maximum absolute atomic E-state index is 14.4. The Labute approximate surface area is 199 Å². The molecule has 4 atom stereocenters. The third kappa shape index (κ3) is 4.93. The van der Waals surface area contributed by atoms with E-state index in [1.54, 1.807) is 0 Å². The number of benzene rings is 2. The van der Waals surface area contributed by atoms with E-state index in [0.29, 0.717) is 6.61 Å². The summed E-state index contributed by atoms with van der Waals surface area (Å²) in [6, 6.07) is 9.80. The number of carbonyl (C=O) groups is 2. The number of methoxy groups -OCH3 is 1. The zero-order chi connectivity index (χ0) is 24.2. The summed E-state index contributed by atoms with van der Waals surface area (Å²) in [6.45, 7) is 4.34. The van der Waals surface area contributed by atoms with Crippen LogP contribution in [0.25, 0.3) is 0 Å². The zero-order valence-corrected chi connectivity index (χ0v) is 19.8. The monoisotopic (exact) mass is 466 g/mol. The molecule has 0 saturated heterocycles. The van der Waals surface area contributed by atoms with Crippen molar-refractivity contribution < 1.29 is 23.5 Å². The number of amides is 2. The number of anilines is 1. The van der Waals surface area contributed by atoms with Gasteiger partial charge in [0.25, 0.3) is 5.91 Å². The minimum absolute atomic E-state index is 0.0148. The first-order valence-corrected chi connectivity index (χ1v) is 11.8. The topological polar surface area (TPSA) is 76.7 Å². The van der Waals surface area contributed by atoms with Gasteiger partial charge in [0, 0.05) is 17.8 Å². The van der Waals surface area contributed by atoms with Gasteiger partial charge in [-0.2, -0.15) is 0 Å². The lowest BCUT2D eigenvalue weighted by Crippen LogP contribution is -2.47. The predicted molar refractivity (Wildman–Crippen MR) is 129 cm³/mol. The molecule has 1 fully saturated rings. The van der Waals surface area contributed by atoms with Gasteiger partial charge in [-0.1, -0.05) is 37.6 Å². The number of rotatable bonds is 9. The number of carbonyl (C=O) groups excluding carboxylic acids is 2. The third-order valence-corrected chi connectivity index (χ3v) is 6.60. The highest BCUT2D eigenvalue weighted by atomic mass is 19.1. The van der Waals surface area contributed by atoms with E-state index in [1.165, 1.54) is 19.2 Å². The summed E-state index contributed by atoms with van der Waals surface area (Å²) >= 11 is 0. The normalized spacial score (nSPS) is 22.5. The van der Waals surface area contributed by atoms with Crippen LogP contribution in [0.4, 0.5) is 10.1 Å². The summed E-state index contributed by atoms with van der Waals surface area (Å²) in [7, 11) is 1.39. The molecule has 2 amide bonds. The molecule has 0 spiro atoms. The second-order valence-corrected chi connectivity index (χ2v) is 9.02. The summed E-state index contributed by atoms with van der Waals surface area (Å²) in [4.78, 5) is 26.5. The molecule has 2 aliphatic rings. The van der Waals surface area contributed by atoms with Gasteiger partial charge in [-0.3, -0.25) is 9.59 Å². The molecule has 2 bridgehead atoms. The molecule has 1 saturated carbocycles. The summed E-state index contributed by atoms with van der Waals surface area (Å²) in [5.74, 6) is -1.26. The number of ether oxygens (including phenoxy) is 2. The molecule has 180 valence electrons. The van der Waals surface area contributed by atoms with Crippen molar-refractivity contribution in [2.75, 3.05) is 19.0 Å². The number of aryl methyl sites for hydroxylation is 1. The summed E-state index contributed by atoms with van der Waals surface area (Å²) in [6.07, 6.45) is 6.62. The Hall–Kier alpha value is -3.35. The van der Waals surface area contributed by atoms with Gasteiger partial charge in [0.1, 0.15) is 5.75 Å². The standard InChI is InChI=1S/C27H31FN2O4/c1-4-5-11-34-23-14-20(22(33-3)15-21(23)28)26(31)30-25-18-10-9-17(13-18)24(25)27(32)29-19-8-6-7-16(2)12-19/h6-10,12,14-15,17-18,24-25H,4-5,11,13H2,1-3H3,(H,29,32)(H,30,31)/t17-,18+,24+,25-/m1/s1. The second-order valence-electron chi connectivity index (χ2n) is 9.02. The van der Waals surface area contributed by atoms with Crippen LogP contribution >= 0.6 is 0 Å². The van der Waals surface area contributed by atoms with Crippen LogP contribution in [-0.4, -0.2) is 31.6 Å². The van der Waals surface area contributed by atoms with Crippen LogP contribution in [0.15, 0.2) is 48.6 Å². The predicted octanol–water partition coefficient (Wildman–Crippen LogP) is 4.88. The van der Waals surface area contributed by atoms with Crippen LogP contribution in [0.2, 0.25) is 0 Å². The van der Waals surface area contributed by atoms with Crippen molar-refractivity contribution in [3.8, 4) is 11.5 Å². The molecule has 4 rings (SSSR count). The van der Waals surface area contributed by atoms with Gasteiger partial charge in [-0.15, -0.1) is 0 Å². The zero-order valence-electron chi connectivity index (χ0n) is 19.8. The van der Waals surface area contributed by atoms with E-state index < -0.39 is 17.6 Å². The van der Waals surface area contributed by atoms with E-state index in [-0.39, 0.29) is 40.8 Å². The summed E-state index contributed by atoms with van der Waals surface area (Å²) in [5.41, 5.74) is 1.96. The minimum Gasteiger partial charge on any atom is -0.496 e. The largest absolute Gasteiger partial charge is 0.496 e. The maximum Gasteiger partial charge on any atom is 0.255 e. The molecule has 2 aromatic carbocycles. The highest BCUT2D eigenvalue weighted by molar-refractivity contribution is 5.99. The quantitative estimate of drug-likeness (QED) is 0.408. The SMILES string of the molecule is CCCCOc1cc(C(=O)N[C@H]2[C@@H](C(=O)Nc3cccc(C)c3)[C@@H]3C=C[C@H]2C3)c(OC)cc1F. The van der Waals surface area contributed by atoms with Crippen LogP contribution in [0.5, 0.6) is 11.5 Å². The van der Waals surface area contributed by atoms with Crippen molar-refractivity contribution in [2.45, 2.75) is 39.2 Å². The van der Waals surface area contributed by atoms with Gasteiger partial charge in [-0.05, 0) is 55.4 Å². The highest BCUT2D eigenvalue weighted by Crippen LogP contribution is 2.44. The smallest absolute Gasteiger partial charge is 0.255 e. The van der Waals surface area contributed by atoms with Crippen LogP contribution in [0.1, 0.15) is 42.1 Å². The van der Waals surface area contributed by atoms with Gasteiger partial charge in [0.15, 0.2) is 11.6 Å². The van der Waals surface area contributed by atoms with E-state index in [9.17, 15) is 14.0 Å². The highest BCUT2D eigenvalue weighted by Gasteiger charge is 2.49. The Balaban J connectivity index is 1.53. The van der Waals surface area contributed by atoms with Crippen molar-refractivity contribution >= 4 is 17.5 Å². The molecule has 2 aromatic rings. The molecule has 0 unspecified atom stereocenters. The number of unbranched alkanes of at least 4 members (excludes halogenated alkanes) is 1. The first kappa shape index (κ1) is 23.8. The van der Waals surface area contributed by atoms with Crippen molar-refractivity contribution in [3.05, 3.63) is 65.5 Å². The number of hydrogen-bond donors (Lipinski definition) is 2. The number of nitrogens with one attached hydrogen (secondary N) is 2. The number of fused-ring (bicyclic) bond motifs is 2. The molecule has 2 aliphatic carbocycles. The van der Waals surface area contributed by atoms with Gasteiger partial charge in [0.2, 0.25) is 5.91 Å². The molecule has 6 nitrogen and oxygen atoms in total. The fraction of sp³-hybridized carbons (Fsp3) is 0.407. The van der Waals surface area contributed by atoms with Gasteiger partial charge >= 0.3 is 0 Å². The van der Waals surface area contributed by atoms with Crippen molar-refractivity contribution in [2.24, 2.45) is 17.8 Å². The number of hydrogen-bond acceptors (Lipinski definition) is 4. The summed E-state index contributed by atoms with van der Waals surface area (Å²) in [5, 5.41) is 6.04. The molecular weight excluding hydrogens is 435 g/mol. The molecule has 7 heteroatoms. The molecule has 0 aliphatic heterocycles. The molecule has 0 heterocycles. The van der Waals surface area contributed by atoms with E-state index in [0.717, 1.165) is 30.5 Å². The van der Waals surface area contributed by atoms with Gasteiger partial charge in [0.05, 0.1) is 25.2 Å². The average molecular weight is 467 g/mol. The van der Waals surface area contributed by atoms with Crippen LogP contribution < -0.4 is 20.1 Å². The fourth-order valence-corrected chi connectivity index (χ4v) is 4.87.